The minimum atomic E-state index is 0.121. The van der Waals surface area contributed by atoms with Gasteiger partial charge in [0.15, 0.2) is 0 Å². The topological polar surface area (TPSA) is 51.2 Å². The molecule has 0 atom stereocenters. The normalized spacial score (nSPS) is 12.0. The van der Waals surface area contributed by atoms with Crippen LogP contribution < -0.4 is 11.1 Å². The van der Waals surface area contributed by atoms with E-state index in [2.05, 4.69) is 19.2 Å². The second-order valence-electron chi connectivity index (χ2n) is 4.61. The SMILES string of the molecule is Cc1ccc(CCNC(C)(C)CCN)o1. The van der Waals surface area contributed by atoms with Crippen LogP contribution >= 0.6 is 0 Å². The lowest BCUT2D eigenvalue weighted by Crippen LogP contribution is -2.41. The molecule has 0 saturated carbocycles. The van der Waals surface area contributed by atoms with Crippen LogP contribution in [0.25, 0.3) is 0 Å². The van der Waals surface area contributed by atoms with Crippen molar-refractivity contribution in [3.05, 3.63) is 23.7 Å². The molecule has 1 aromatic rings. The van der Waals surface area contributed by atoms with E-state index in [-0.39, 0.29) is 5.54 Å². The van der Waals surface area contributed by atoms with Crippen molar-refractivity contribution in [3.8, 4) is 0 Å². The van der Waals surface area contributed by atoms with Gasteiger partial charge in [0, 0.05) is 18.5 Å². The molecule has 0 saturated heterocycles. The van der Waals surface area contributed by atoms with Gasteiger partial charge < -0.3 is 15.5 Å². The summed E-state index contributed by atoms with van der Waals surface area (Å²) in [6.07, 6.45) is 1.92. The maximum Gasteiger partial charge on any atom is 0.105 e. The highest BCUT2D eigenvalue weighted by Crippen LogP contribution is 2.09. The Bertz CT molecular complexity index is 292. The standard InChI is InChI=1S/C12H22N2O/c1-10-4-5-11(15-10)6-9-14-12(2,3)7-8-13/h4-5,14H,6-9,13H2,1-3H3. The molecular weight excluding hydrogens is 188 g/mol. The number of nitrogens with one attached hydrogen (secondary N) is 1. The third kappa shape index (κ3) is 4.49. The molecule has 0 radical (unpaired) electrons. The lowest BCUT2D eigenvalue weighted by Gasteiger charge is -2.25. The van der Waals surface area contributed by atoms with Crippen molar-refractivity contribution in [2.24, 2.45) is 5.73 Å². The molecule has 3 heteroatoms. The Balaban J connectivity index is 2.27. The fourth-order valence-electron chi connectivity index (χ4n) is 1.59. The van der Waals surface area contributed by atoms with Crippen molar-refractivity contribution in [3.63, 3.8) is 0 Å². The van der Waals surface area contributed by atoms with E-state index in [4.69, 9.17) is 10.2 Å². The summed E-state index contributed by atoms with van der Waals surface area (Å²) in [4.78, 5) is 0. The summed E-state index contributed by atoms with van der Waals surface area (Å²) in [6.45, 7) is 7.97. The highest BCUT2D eigenvalue weighted by Gasteiger charge is 2.15. The van der Waals surface area contributed by atoms with E-state index in [1.54, 1.807) is 0 Å². The van der Waals surface area contributed by atoms with Crippen LogP contribution in [0.4, 0.5) is 0 Å². The molecule has 15 heavy (non-hydrogen) atoms. The van der Waals surface area contributed by atoms with Gasteiger partial charge in [-0.15, -0.1) is 0 Å². The molecule has 0 aromatic carbocycles. The number of furan rings is 1. The van der Waals surface area contributed by atoms with Crippen molar-refractivity contribution < 1.29 is 4.42 Å². The second kappa shape index (κ2) is 5.33. The van der Waals surface area contributed by atoms with Crippen LogP contribution in [-0.4, -0.2) is 18.6 Å². The maximum absolute atomic E-state index is 5.54. The van der Waals surface area contributed by atoms with Gasteiger partial charge in [-0.1, -0.05) is 0 Å². The Labute approximate surface area is 92.0 Å². The zero-order valence-electron chi connectivity index (χ0n) is 9.97. The molecule has 86 valence electrons. The van der Waals surface area contributed by atoms with Crippen LogP contribution in [0.3, 0.4) is 0 Å². The van der Waals surface area contributed by atoms with E-state index >= 15 is 0 Å². The predicted molar refractivity (Wildman–Crippen MR) is 62.9 cm³/mol. The van der Waals surface area contributed by atoms with Crippen LogP contribution in [0.1, 0.15) is 31.8 Å². The molecule has 3 nitrogen and oxygen atoms in total. The van der Waals surface area contributed by atoms with E-state index in [9.17, 15) is 0 Å². The van der Waals surface area contributed by atoms with E-state index in [1.165, 1.54) is 0 Å². The number of hydrogen-bond acceptors (Lipinski definition) is 3. The first-order valence-electron chi connectivity index (χ1n) is 5.54. The molecular formula is C12H22N2O. The van der Waals surface area contributed by atoms with Crippen LogP contribution in [-0.2, 0) is 6.42 Å². The average Bonchev–Trinajstić information content (AvgIpc) is 2.51. The van der Waals surface area contributed by atoms with Gasteiger partial charge in [0.2, 0.25) is 0 Å². The summed E-state index contributed by atoms with van der Waals surface area (Å²) in [5.41, 5.74) is 5.66. The van der Waals surface area contributed by atoms with Crippen LogP contribution in [0.5, 0.6) is 0 Å². The molecule has 0 bridgehead atoms. The Morgan fingerprint density at radius 1 is 1.40 bits per heavy atom. The Morgan fingerprint density at radius 2 is 2.13 bits per heavy atom. The molecule has 0 fully saturated rings. The minimum Gasteiger partial charge on any atom is -0.466 e. The molecule has 1 rings (SSSR count). The fourth-order valence-corrected chi connectivity index (χ4v) is 1.59. The molecule has 1 aromatic heterocycles. The quantitative estimate of drug-likeness (QED) is 0.753. The first-order chi connectivity index (χ1) is 7.03. The van der Waals surface area contributed by atoms with Crippen molar-refractivity contribution in [1.29, 1.82) is 0 Å². The molecule has 0 amide bonds. The van der Waals surface area contributed by atoms with Crippen molar-refractivity contribution in [2.45, 2.75) is 39.2 Å². The highest BCUT2D eigenvalue weighted by molar-refractivity contribution is 5.05. The monoisotopic (exact) mass is 210 g/mol. The molecule has 0 spiro atoms. The minimum absolute atomic E-state index is 0.121. The van der Waals surface area contributed by atoms with E-state index in [0.717, 1.165) is 37.5 Å². The number of aryl methyl sites for hydroxylation is 1. The summed E-state index contributed by atoms with van der Waals surface area (Å²) in [6, 6.07) is 4.04. The lowest BCUT2D eigenvalue weighted by atomic mass is 10.0. The summed E-state index contributed by atoms with van der Waals surface area (Å²) < 4.78 is 5.49. The van der Waals surface area contributed by atoms with Gasteiger partial charge in [0.25, 0.3) is 0 Å². The Morgan fingerprint density at radius 3 is 2.67 bits per heavy atom. The summed E-state index contributed by atoms with van der Waals surface area (Å²) in [5.74, 6) is 2.02. The maximum atomic E-state index is 5.54. The zero-order chi connectivity index (χ0) is 11.3. The third-order valence-electron chi connectivity index (χ3n) is 2.54. The molecule has 0 aliphatic heterocycles. The fraction of sp³-hybridized carbons (Fsp3) is 0.667. The number of nitrogens with two attached hydrogens (primary N) is 1. The van der Waals surface area contributed by atoms with Gasteiger partial charge in [-0.3, -0.25) is 0 Å². The van der Waals surface area contributed by atoms with Gasteiger partial charge in [-0.05, 0) is 45.9 Å². The number of hydrogen-bond donors (Lipinski definition) is 2. The van der Waals surface area contributed by atoms with E-state index in [1.807, 2.05) is 19.1 Å². The highest BCUT2D eigenvalue weighted by atomic mass is 16.3. The van der Waals surface area contributed by atoms with Crippen LogP contribution in [0.2, 0.25) is 0 Å². The molecule has 0 aliphatic rings. The predicted octanol–water partition coefficient (Wildman–Crippen LogP) is 1.85. The lowest BCUT2D eigenvalue weighted by molar-refractivity contribution is 0.362. The average molecular weight is 210 g/mol. The smallest absolute Gasteiger partial charge is 0.105 e. The van der Waals surface area contributed by atoms with Crippen molar-refractivity contribution in [1.82, 2.24) is 5.32 Å². The Hall–Kier alpha value is -0.800. The Kier molecular flexibility index (Phi) is 4.36. The number of rotatable bonds is 6. The molecule has 1 heterocycles. The van der Waals surface area contributed by atoms with Crippen LogP contribution in [0, 0.1) is 6.92 Å². The van der Waals surface area contributed by atoms with Crippen molar-refractivity contribution in [2.75, 3.05) is 13.1 Å². The molecule has 3 N–H and O–H groups in total. The first-order valence-corrected chi connectivity index (χ1v) is 5.54. The van der Waals surface area contributed by atoms with E-state index in [0.29, 0.717) is 0 Å². The summed E-state index contributed by atoms with van der Waals surface area (Å²) in [7, 11) is 0. The first kappa shape index (κ1) is 12.3. The zero-order valence-corrected chi connectivity index (χ0v) is 9.97. The van der Waals surface area contributed by atoms with E-state index < -0.39 is 0 Å². The summed E-state index contributed by atoms with van der Waals surface area (Å²) in [5, 5.41) is 3.48. The van der Waals surface area contributed by atoms with Gasteiger partial charge in [-0.2, -0.15) is 0 Å². The largest absolute Gasteiger partial charge is 0.466 e. The molecule has 0 unspecified atom stereocenters. The third-order valence-corrected chi connectivity index (χ3v) is 2.54. The van der Waals surface area contributed by atoms with Gasteiger partial charge >= 0.3 is 0 Å². The van der Waals surface area contributed by atoms with Gasteiger partial charge in [0.1, 0.15) is 11.5 Å². The van der Waals surface area contributed by atoms with Crippen LogP contribution in [0.15, 0.2) is 16.5 Å². The second-order valence-corrected chi connectivity index (χ2v) is 4.61. The van der Waals surface area contributed by atoms with Gasteiger partial charge in [-0.25, -0.2) is 0 Å². The summed E-state index contributed by atoms with van der Waals surface area (Å²) >= 11 is 0. The molecule has 0 aliphatic carbocycles. The van der Waals surface area contributed by atoms with Gasteiger partial charge in [0.05, 0.1) is 0 Å². The van der Waals surface area contributed by atoms with Crippen molar-refractivity contribution >= 4 is 0 Å².